The SMILES string of the molecule is COC(=O)CCCNC1CC=CC1. The molecule has 1 N–H and O–H groups in total. The molecule has 0 spiro atoms. The first-order chi connectivity index (χ1) is 6.33. The molecule has 0 aromatic heterocycles. The van der Waals surface area contributed by atoms with Crippen LogP contribution in [0.2, 0.25) is 0 Å². The molecule has 0 saturated heterocycles. The van der Waals surface area contributed by atoms with Crippen molar-refractivity contribution in [2.24, 2.45) is 0 Å². The third-order valence-electron chi connectivity index (χ3n) is 2.23. The molecule has 0 heterocycles. The predicted octanol–water partition coefficient (Wildman–Crippen LogP) is 1.25. The van der Waals surface area contributed by atoms with Crippen molar-refractivity contribution in [1.82, 2.24) is 5.32 Å². The van der Waals surface area contributed by atoms with Crippen molar-refractivity contribution in [1.29, 1.82) is 0 Å². The van der Waals surface area contributed by atoms with Gasteiger partial charge in [-0.05, 0) is 25.8 Å². The maximum atomic E-state index is 10.7. The standard InChI is InChI=1S/C10H17NO2/c1-13-10(12)7-4-8-11-9-5-2-3-6-9/h2-3,9,11H,4-8H2,1H3. The molecule has 0 saturated carbocycles. The predicted molar refractivity (Wildman–Crippen MR) is 51.4 cm³/mol. The summed E-state index contributed by atoms with van der Waals surface area (Å²) in [5.41, 5.74) is 0. The molecule has 74 valence electrons. The summed E-state index contributed by atoms with van der Waals surface area (Å²) < 4.78 is 4.54. The van der Waals surface area contributed by atoms with Crippen molar-refractivity contribution in [3.8, 4) is 0 Å². The Morgan fingerprint density at radius 1 is 1.54 bits per heavy atom. The van der Waals surface area contributed by atoms with Crippen LogP contribution in [0.25, 0.3) is 0 Å². The summed E-state index contributed by atoms with van der Waals surface area (Å²) in [5.74, 6) is -0.119. The fourth-order valence-corrected chi connectivity index (χ4v) is 1.42. The zero-order valence-electron chi connectivity index (χ0n) is 8.08. The van der Waals surface area contributed by atoms with E-state index in [0.717, 1.165) is 25.8 Å². The van der Waals surface area contributed by atoms with E-state index in [1.165, 1.54) is 7.11 Å². The van der Waals surface area contributed by atoms with Crippen LogP contribution in [0.3, 0.4) is 0 Å². The van der Waals surface area contributed by atoms with Gasteiger partial charge < -0.3 is 10.1 Å². The Morgan fingerprint density at radius 2 is 2.23 bits per heavy atom. The third kappa shape index (κ3) is 4.08. The fraction of sp³-hybridized carbons (Fsp3) is 0.700. The van der Waals surface area contributed by atoms with Gasteiger partial charge in [0.2, 0.25) is 0 Å². The van der Waals surface area contributed by atoms with E-state index >= 15 is 0 Å². The highest BCUT2D eigenvalue weighted by Gasteiger charge is 2.08. The number of carbonyl (C=O) groups excluding carboxylic acids is 1. The van der Waals surface area contributed by atoms with E-state index in [-0.39, 0.29) is 5.97 Å². The lowest BCUT2D eigenvalue weighted by Crippen LogP contribution is -2.27. The van der Waals surface area contributed by atoms with Crippen LogP contribution in [0.4, 0.5) is 0 Å². The van der Waals surface area contributed by atoms with Crippen molar-refractivity contribution >= 4 is 5.97 Å². The van der Waals surface area contributed by atoms with Crippen LogP contribution in [0.5, 0.6) is 0 Å². The molecule has 1 aliphatic rings. The van der Waals surface area contributed by atoms with E-state index in [9.17, 15) is 4.79 Å². The van der Waals surface area contributed by atoms with E-state index < -0.39 is 0 Å². The van der Waals surface area contributed by atoms with Gasteiger partial charge in [0.05, 0.1) is 7.11 Å². The highest BCUT2D eigenvalue weighted by molar-refractivity contribution is 5.69. The first kappa shape index (κ1) is 10.3. The minimum atomic E-state index is -0.119. The average molecular weight is 183 g/mol. The first-order valence-electron chi connectivity index (χ1n) is 4.78. The zero-order chi connectivity index (χ0) is 9.52. The molecule has 0 amide bonds. The van der Waals surface area contributed by atoms with E-state index in [1.54, 1.807) is 0 Å². The van der Waals surface area contributed by atoms with E-state index in [0.29, 0.717) is 12.5 Å². The van der Waals surface area contributed by atoms with Crippen molar-refractivity contribution in [2.75, 3.05) is 13.7 Å². The third-order valence-corrected chi connectivity index (χ3v) is 2.23. The van der Waals surface area contributed by atoms with Gasteiger partial charge in [-0.15, -0.1) is 0 Å². The van der Waals surface area contributed by atoms with Crippen LogP contribution in [-0.2, 0) is 9.53 Å². The molecule has 13 heavy (non-hydrogen) atoms. The van der Waals surface area contributed by atoms with Crippen LogP contribution < -0.4 is 5.32 Å². The van der Waals surface area contributed by atoms with Gasteiger partial charge >= 0.3 is 5.97 Å². The molecule has 0 radical (unpaired) electrons. The highest BCUT2D eigenvalue weighted by Crippen LogP contribution is 2.08. The summed E-state index contributed by atoms with van der Waals surface area (Å²) in [7, 11) is 1.43. The van der Waals surface area contributed by atoms with Crippen LogP contribution in [0, 0.1) is 0 Å². The van der Waals surface area contributed by atoms with Crippen LogP contribution in [0.15, 0.2) is 12.2 Å². The number of nitrogens with one attached hydrogen (secondary N) is 1. The van der Waals surface area contributed by atoms with Gasteiger partial charge in [0.15, 0.2) is 0 Å². The zero-order valence-corrected chi connectivity index (χ0v) is 8.08. The lowest BCUT2D eigenvalue weighted by atomic mass is 10.2. The van der Waals surface area contributed by atoms with Gasteiger partial charge in [0.25, 0.3) is 0 Å². The van der Waals surface area contributed by atoms with E-state index in [4.69, 9.17) is 0 Å². The maximum absolute atomic E-state index is 10.7. The normalized spacial score (nSPS) is 16.4. The lowest BCUT2D eigenvalue weighted by molar-refractivity contribution is -0.140. The summed E-state index contributed by atoms with van der Waals surface area (Å²) in [6.45, 7) is 0.904. The minimum absolute atomic E-state index is 0.119. The smallest absolute Gasteiger partial charge is 0.305 e. The number of ether oxygens (including phenoxy) is 1. The molecule has 0 bridgehead atoms. The van der Waals surface area contributed by atoms with E-state index in [2.05, 4.69) is 22.2 Å². The molecule has 0 atom stereocenters. The van der Waals surface area contributed by atoms with Gasteiger partial charge in [0.1, 0.15) is 0 Å². The van der Waals surface area contributed by atoms with Crippen molar-refractivity contribution in [3.05, 3.63) is 12.2 Å². The second-order valence-corrected chi connectivity index (χ2v) is 3.27. The Labute approximate surface area is 79.2 Å². The second-order valence-electron chi connectivity index (χ2n) is 3.27. The van der Waals surface area contributed by atoms with Gasteiger partial charge in [-0.25, -0.2) is 0 Å². The molecule has 0 unspecified atom stereocenters. The molecule has 3 heteroatoms. The minimum Gasteiger partial charge on any atom is -0.469 e. The number of carbonyl (C=O) groups is 1. The molecule has 1 rings (SSSR count). The summed E-state index contributed by atoms with van der Waals surface area (Å²) >= 11 is 0. The van der Waals surface area contributed by atoms with Crippen LogP contribution in [-0.4, -0.2) is 25.7 Å². The van der Waals surface area contributed by atoms with Gasteiger partial charge in [-0.3, -0.25) is 4.79 Å². The van der Waals surface area contributed by atoms with Crippen molar-refractivity contribution < 1.29 is 9.53 Å². The molecule has 1 aliphatic carbocycles. The molecular weight excluding hydrogens is 166 g/mol. The quantitative estimate of drug-likeness (QED) is 0.396. The van der Waals surface area contributed by atoms with Crippen LogP contribution >= 0.6 is 0 Å². The Balaban J connectivity index is 1.92. The largest absolute Gasteiger partial charge is 0.469 e. The monoisotopic (exact) mass is 183 g/mol. The molecule has 3 nitrogen and oxygen atoms in total. The topological polar surface area (TPSA) is 38.3 Å². The van der Waals surface area contributed by atoms with Crippen LogP contribution in [0.1, 0.15) is 25.7 Å². The first-order valence-corrected chi connectivity index (χ1v) is 4.78. The number of hydrogen-bond acceptors (Lipinski definition) is 3. The summed E-state index contributed by atoms with van der Waals surface area (Å²) in [5, 5.41) is 3.39. The fourth-order valence-electron chi connectivity index (χ4n) is 1.42. The second kappa shape index (κ2) is 5.75. The number of esters is 1. The Kier molecular flexibility index (Phi) is 4.54. The lowest BCUT2D eigenvalue weighted by Gasteiger charge is -2.10. The molecule has 0 aromatic carbocycles. The Morgan fingerprint density at radius 3 is 2.85 bits per heavy atom. The summed E-state index contributed by atoms with van der Waals surface area (Å²) in [6, 6.07) is 0.595. The average Bonchev–Trinajstić information content (AvgIpc) is 2.64. The summed E-state index contributed by atoms with van der Waals surface area (Å²) in [4.78, 5) is 10.7. The summed E-state index contributed by atoms with van der Waals surface area (Å²) in [6.07, 6.45) is 8.01. The number of methoxy groups -OCH3 is 1. The Hall–Kier alpha value is -0.830. The maximum Gasteiger partial charge on any atom is 0.305 e. The molecule has 0 aliphatic heterocycles. The van der Waals surface area contributed by atoms with Crippen molar-refractivity contribution in [2.45, 2.75) is 31.7 Å². The molecule has 0 fully saturated rings. The molecular formula is C10H17NO2. The Bertz CT molecular complexity index is 181. The van der Waals surface area contributed by atoms with E-state index in [1.807, 2.05) is 0 Å². The number of rotatable bonds is 5. The van der Waals surface area contributed by atoms with Gasteiger partial charge in [-0.2, -0.15) is 0 Å². The van der Waals surface area contributed by atoms with Gasteiger partial charge in [0, 0.05) is 12.5 Å². The van der Waals surface area contributed by atoms with Crippen molar-refractivity contribution in [3.63, 3.8) is 0 Å². The van der Waals surface area contributed by atoms with Gasteiger partial charge in [-0.1, -0.05) is 12.2 Å². The molecule has 0 aromatic rings. The highest BCUT2D eigenvalue weighted by atomic mass is 16.5. The number of hydrogen-bond donors (Lipinski definition) is 1.